The summed E-state index contributed by atoms with van der Waals surface area (Å²) in [6, 6.07) is 0.745. The fourth-order valence-corrected chi connectivity index (χ4v) is 10.0. The van der Waals surface area contributed by atoms with Crippen molar-refractivity contribution in [1.29, 1.82) is 0 Å². The van der Waals surface area contributed by atoms with Gasteiger partial charge in [-0.2, -0.15) is 0 Å². The second-order valence-electron chi connectivity index (χ2n) is 13.2. The zero-order chi connectivity index (χ0) is 23.5. The van der Waals surface area contributed by atoms with Crippen LogP contribution in [0.3, 0.4) is 0 Å². The van der Waals surface area contributed by atoms with Gasteiger partial charge in [-0.3, -0.25) is 9.59 Å². The Morgan fingerprint density at radius 2 is 1.82 bits per heavy atom. The highest BCUT2D eigenvalue weighted by Crippen LogP contribution is 2.64. The zero-order valence-corrected chi connectivity index (χ0v) is 21.7. The molecule has 0 amide bonds. The number of carbonyl (C=O) groups excluding carboxylic acids is 2. The average molecular weight is 458 g/mol. The van der Waals surface area contributed by atoms with Crippen LogP contribution in [0.15, 0.2) is 0 Å². The van der Waals surface area contributed by atoms with E-state index in [1.807, 2.05) is 0 Å². The Hall–Kier alpha value is -0.900. The van der Waals surface area contributed by atoms with Gasteiger partial charge in [-0.1, -0.05) is 20.8 Å². The van der Waals surface area contributed by atoms with Gasteiger partial charge in [0.1, 0.15) is 11.9 Å². The summed E-state index contributed by atoms with van der Waals surface area (Å²) in [6.45, 7) is 10.1. The number of ether oxygens (including phenoxy) is 1. The van der Waals surface area contributed by atoms with Gasteiger partial charge in [-0.05, 0) is 112 Å². The molecule has 1 saturated heterocycles. The van der Waals surface area contributed by atoms with Crippen LogP contribution < -0.4 is 0 Å². The van der Waals surface area contributed by atoms with Crippen molar-refractivity contribution >= 4 is 11.8 Å². The topological polar surface area (TPSA) is 46.6 Å². The molecule has 0 radical (unpaired) electrons. The van der Waals surface area contributed by atoms with E-state index in [1.165, 1.54) is 52.0 Å². The number of hydrogen-bond donors (Lipinski definition) is 0. The summed E-state index contributed by atoms with van der Waals surface area (Å²) in [6.07, 6.45) is 11.6. The van der Waals surface area contributed by atoms with Crippen molar-refractivity contribution in [2.75, 3.05) is 13.6 Å². The summed E-state index contributed by atoms with van der Waals surface area (Å²) in [5.41, 5.74) is 0.116. The van der Waals surface area contributed by atoms with E-state index >= 15 is 0 Å². The molecule has 5 fully saturated rings. The second kappa shape index (κ2) is 8.95. The van der Waals surface area contributed by atoms with Crippen LogP contribution in [0.1, 0.15) is 91.9 Å². The van der Waals surface area contributed by atoms with Gasteiger partial charge >= 0.3 is 5.97 Å². The molecule has 4 saturated carbocycles. The number of carbonyl (C=O) groups is 2. The normalized spacial score (nSPS) is 49.0. The number of Topliss-reactive ketones (excluding diaryl/α,β-unsaturated/α-hetero) is 1. The molecular formula is C29H47NO3. The average Bonchev–Trinajstić information content (AvgIpc) is 3.19. The monoisotopic (exact) mass is 457 g/mol. The quantitative estimate of drug-likeness (QED) is 0.508. The summed E-state index contributed by atoms with van der Waals surface area (Å²) >= 11 is 0. The van der Waals surface area contributed by atoms with Crippen molar-refractivity contribution in [2.45, 2.75) is 104 Å². The van der Waals surface area contributed by atoms with Gasteiger partial charge < -0.3 is 9.64 Å². The number of likely N-dealkylation sites (tertiary alicyclic amines) is 1. The van der Waals surface area contributed by atoms with E-state index in [4.69, 9.17) is 4.74 Å². The molecule has 0 aromatic carbocycles. The Kier molecular flexibility index (Phi) is 6.46. The Labute approximate surface area is 201 Å². The Morgan fingerprint density at radius 1 is 1.06 bits per heavy atom. The van der Waals surface area contributed by atoms with Gasteiger partial charge in [0, 0.05) is 31.8 Å². The predicted octanol–water partition coefficient (Wildman–Crippen LogP) is 5.73. The van der Waals surface area contributed by atoms with E-state index in [2.05, 4.69) is 32.7 Å². The van der Waals surface area contributed by atoms with E-state index in [0.29, 0.717) is 17.6 Å². The summed E-state index contributed by atoms with van der Waals surface area (Å²) in [5, 5.41) is 0. The first-order valence-electron chi connectivity index (χ1n) is 14.1. The van der Waals surface area contributed by atoms with Crippen molar-refractivity contribution in [3.8, 4) is 0 Å². The molecule has 1 heterocycles. The maximum absolute atomic E-state index is 13.5. The third-order valence-corrected chi connectivity index (χ3v) is 11.5. The first-order valence-corrected chi connectivity index (χ1v) is 14.1. The molecule has 0 N–H and O–H groups in total. The smallest absolute Gasteiger partial charge is 0.302 e. The number of piperidine rings is 1. The number of hydrogen-bond acceptors (Lipinski definition) is 4. The highest BCUT2D eigenvalue weighted by molar-refractivity contribution is 5.83. The fourth-order valence-electron chi connectivity index (χ4n) is 10.0. The molecule has 1 aliphatic heterocycles. The van der Waals surface area contributed by atoms with E-state index < -0.39 is 0 Å². The van der Waals surface area contributed by atoms with Gasteiger partial charge in [0.05, 0.1) is 0 Å². The van der Waals surface area contributed by atoms with Crippen LogP contribution in [0, 0.1) is 52.8 Å². The second-order valence-corrected chi connectivity index (χ2v) is 13.2. The van der Waals surface area contributed by atoms with Crippen molar-refractivity contribution in [3.63, 3.8) is 0 Å². The Balaban J connectivity index is 1.30. The zero-order valence-electron chi connectivity index (χ0n) is 21.7. The highest BCUT2D eigenvalue weighted by atomic mass is 16.5. The maximum atomic E-state index is 13.5. The molecule has 5 rings (SSSR count). The molecular weight excluding hydrogens is 410 g/mol. The summed E-state index contributed by atoms with van der Waals surface area (Å²) in [7, 11) is 2.35. The molecule has 4 nitrogen and oxygen atoms in total. The van der Waals surface area contributed by atoms with E-state index in [1.54, 1.807) is 0 Å². The first-order chi connectivity index (χ1) is 15.7. The molecule has 186 valence electrons. The molecule has 5 aliphatic rings. The van der Waals surface area contributed by atoms with Crippen molar-refractivity contribution in [2.24, 2.45) is 52.8 Å². The SMILES string of the molecule is CC(=O)O[C@H]1CC[C@@]2(C)[C@H](C1)C(=O)C[C@H]1[C@@H]3CC[C@H]([C@H](C)[C@H]4CC[C@H](C)CN4C)[C@H]3CC[C@@H]12. The van der Waals surface area contributed by atoms with E-state index in [0.717, 1.165) is 61.3 Å². The third-order valence-electron chi connectivity index (χ3n) is 11.5. The molecule has 0 aromatic heterocycles. The molecule has 0 bridgehead atoms. The van der Waals surface area contributed by atoms with Crippen LogP contribution in [0.2, 0.25) is 0 Å². The van der Waals surface area contributed by atoms with Gasteiger partial charge in [0.25, 0.3) is 0 Å². The molecule has 0 unspecified atom stereocenters. The minimum Gasteiger partial charge on any atom is -0.463 e. The molecule has 0 aromatic rings. The standard InChI is InChI=1S/C29H47NO3/c1-17-6-11-27(30(5)16-17)18(2)21-7-8-23-22(21)9-10-25-24(23)15-28(32)26-14-20(33-19(3)31)12-13-29(25,26)4/h17-18,20-27H,6-16H2,1-5H3/t17-,18-,20-,21+,22+,23+,24-,25-,26+,27+,29+/m0/s1. The largest absolute Gasteiger partial charge is 0.463 e. The molecule has 11 atom stereocenters. The van der Waals surface area contributed by atoms with Crippen molar-refractivity contribution in [3.05, 3.63) is 0 Å². The van der Waals surface area contributed by atoms with Gasteiger partial charge in [-0.15, -0.1) is 0 Å². The highest BCUT2D eigenvalue weighted by Gasteiger charge is 2.60. The third kappa shape index (κ3) is 4.10. The fraction of sp³-hybridized carbons (Fsp3) is 0.931. The summed E-state index contributed by atoms with van der Waals surface area (Å²) in [4.78, 5) is 27.7. The minimum atomic E-state index is -0.200. The summed E-state index contributed by atoms with van der Waals surface area (Å²) < 4.78 is 5.56. The maximum Gasteiger partial charge on any atom is 0.302 e. The number of rotatable bonds is 3. The lowest BCUT2D eigenvalue weighted by molar-refractivity contribution is -0.165. The lowest BCUT2D eigenvalue weighted by Gasteiger charge is -2.58. The minimum absolute atomic E-state index is 0.0516. The predicted molar refractivity (Wildman–Crippen MR) is 131 cm³/mol. The Morgan fingerprint density at radius 3 is 2.55 bits per heavy atom. The van der Waals surface area contributed by atoms with Crippen LogP contribution in [-0.2, 0) is 14.3 Å². The van der Waals surface area contributed by atoms with Crippen molar-refractivity contribution < 1.29 is 14.3 Å². The van der Waals surface area contributed by atoms with Crippen molar-refractivity contribution in [1.82, 2.24) is 4.90 Å². The number of fused-ring (bicyclic) bond motifs is 5. The number of esters is 1. The van der Waals surface area contributed by atoms with Crippen LogP contribution in [0.25, 0.3) is 0 Å². The molecule has 33 heavy (non-hydrogen) atoms. The first kappa shape index (κ1) is 23.8. The van der Waals surface area contributed by atoms with E-state index in [-0.39, 0.29) is 23.4 Å². The molecule has 4 heteroatoms. The van der Waals surface area contributed by atoms with Gasteiger partial charge in [-0.25, -0.2) is 0 Å². The number of nitrogens with zero attached hydrogens (tertiary/aromatic N) is 1. The Bertz CT molecular complexity index is 766. The van der Waals surface area contributed by atoms with Crippen LogP contribution in [0.4, 0.5) is 0 Å². The molecule has 4 aliphatic carbocycles. The van der Waals surface area contributed by atoms with Gasteiger partial charge in [0.2, 0.25) is 0 Å². The number of ketones is 1. The molecule has 0 spiro atoms. The summed E-state index contributed by atoms with van der Waals surface area (Å²) in [5.74, 6) is 5.72. The van der Waals surface area contributed by atoms with Crippen LogP contribution in [0.5, 0.6) is 0 Å². The lowest BCUT2D eigenvalue weighted by atomic mass is 9.46. The van der Waals surface area contributed by atoms with Gasteiger partial charge in [0.15, 0.2) is 0 Å². The van der Waals surface area contributed by atoms with Crippen LogP contribution in [-0.4, -0.2) is 42.4 Å². The van der Waals surface area contributed by atoms with E-state index in [9.17, 15) is 9.59 Å². The van der Waals surface area contributed by atoms with Crippen LogP contribution >= 0.6 is 0 Å². The lowest BCUT2D eigenvalue weighted by Crippen LogP contribution is -2.56.